The maximum atomic E-state index is 12.7. The van der Waals surface area contributed by atoms with E-state index in [1.165, 1.54) is 12.8 Å². The number of carbonyl (C=O) groups excluding carboxylic acids is 1. The summed E-state index contributed by atoms with van der Waals surface area (Å²) in [6.45, 7) is 5.20. The Bertz CT molecular complexity index is 367. The number of carboxylic acids is 1. The average molecular weight is 281 g/mol. The zero-order chi connectivity index (χ0) is 14.7. The molecule has 1 amide bonds. The molecule has 1 aliphatic heterocycles. The van der Waals surface area contributed by atoms with E-state index in [9.17, 15) is 9.59 Å². The van der Waals surface area contributed by atoms with E-state index in [1.807, 2.05) is 4.90 Å². The van der Waals surface area contributed by atoms with E-state index in [0.29, 0.717) is 18.4 Å². The lowest BCUT2D eigenvalue weighted by Crippen LogP contribution is -2.50. The normalized spacial score (nSPS) is 30.8. The van der Waals surface area contributed by atoms with Crippen molar-refractivity contribution in [1.29, 1.82) is 0 Å². The predicted octanol–water partition coefficient (Wildman–Crippen LogP) is 2.91. The molecule has 0 aromatic heterocycles. The van der Waals surface area contributed by atoms with Crippen molar-refractivity contribution in [3.05, 3.63) is 0 Å². The van der Waals surface area contributed by atoms with Gasteiger partial charge < -0.3 is 10.0 Å². The molecule has 0 bridgehead atoms. The largest absolute Gasteiger partial charge is 0.481 e. The molecular weight excluding hydrogens is 254 g/mol. The molecule has 20 heavy (non-hydrogen) atoms. The van der Waals surface area contributed by atoms with Gasteiger partial charge in [0.05, 0.1) is 11.8 Å². The van der Waals surface area contributed by atoms with Crippen LogP contribution in [0.2, 0.25) is 0 Å². The number of nitrogens with zero attached hydrogens (tertiary/aromatic N) is 1. The van der Waals surface area contributed by atoms with E-state index in [-0.39, 0.29) is 11.8 Å². The van der Waals surface area contributed by atoms with Crippen molar-refractivity contribution in [1.82, 2.24) is 4.90 Å². The number of carboxylic acid groups (broad SMARTS) is 1. The van der Waals surface area contributed by atoms with Crippen LogP contribution >= 0.6 is 0 Å². The van der Waals surface area contributed by atoms with E-state index in [4.69, 9.17) is 5.11 Å². The fourth-order valence-corrected chi connectivity index (χ4v) is 3.56. The molecule has 1 heterocycles. The highest BCUT2D eigenvalue weighted by Gasteiger charge is 2.44. The van der Waals surface area contributed by atoms with Gasteiger partial charge in [-0.3, -0.25) is 9.59 Å². The number of rotatable bonds is 4. The predicted molar refractivity (Wildman–Crippen MR) is 77.3 cm³/mol. The zero-order valence-corrected chi connectivity index (χ0v) is 12.7. The van der Waals surface area contributed by atoms with Crippen molar-refractivity contribution in [3.8, 4) is 0 Å². The monoisotopic (exact) mass is 281 g/mol. The first-order valence-corrected chi connectivity index (χ1v) is 8.04. The summed E-state index contributed by atoms with van der Waals surface area (Å²) in [5.74, 6) is -0.822. The van der Waals surface area contributed by atoms with Crippen LogP contribution in [-0.2, 0) is 9.59 Å². The second kappa shape index (κ2) is 6.59. The molecule has 0 aromatic rings. The van der Waals surface area contributed by atoms with Gasteiger partial charge in [0.2, 0.25) is 5.91 Å². The van der Waals surface area contributed by atoms with E-state index in [2.05, 4.69) is 13.8 Å². The lowest BCUT2D eigenvalue weighted by atomic mass is 9.72. The highest BCUT2D eigenvalue weighted by atomic mass is 16.4. The molecule has 3 atom stereocenters. The smallest absolute Gasteiger partial charge is 0.307 e. The van der Waals surface area contributed by atoms with E-state index < -0.39 is 11.9 Å². The minimum absolute atomic E-state index is 0.108. The fraction of sp³-hybridized carbons (Fsp3) is 0.875. The number of likely N-dealkylation sites (tertiary alicyclic amines) is 1. The Morgan fingerprint density at radius 1 is 1.10 bits per heavy atom. The second-order valence-corrected chi connectivity index (χ2v) is 6.79. The zero-order valence-electron chi connectivity index (χ0n) is 12.7. The molecule has 1 saturated heterocycles. The van der Waals surface area contributed by atoms with Crippen LogP contribution < -0.4 is 0 Å². The van der Waals surface area contributed by atoms with E-state index >= 15 is 0 Å². The molecular formula is C16H27NO3. The fourth-order valence-electron chi connectivity index (χ4n) is 3.56. The maximum absolute atomic E-state index is 12.7. The van der Waals surface area contributed by atoms with Crippen molar-refractivity contribution < 1.29 is 14.7 Å². The highest BCUT2D eigenvalue weighted by molar-refractivity contribution is 5.86. The Morgan fingerprint density at radius 3 is 2.35 bits per heavy atom. The molecule has 1 N–H and O–H groups in total. The summed E-state index contributed by atoms with van der Waals surface area (Å²) in [7, 11) is 0. The van der Waals surface area contributed by atoms with Crippen LogP contribution in [-0.4, -0.2) is 34.5 Å². The third kappa shape index (κ3) is 3.33. The van der Waals surface area contributed by atoms with Crippen molar-refractivity contribution in [3.63, 3.8) is 0 Å². The summed E-state index contributed by atoms with van der Waals surface area (Å²) in [4.78, 5) is 25.9. The van der Waals surface area contributed by atoms with Gasteiger partial charge in [-0.1, -0.05) is 26.7 Å². The van der Waals surface area contributed by atoms with Crippen LogP contribution in [0.3, 0.4) is 0 Å². The van der Waals surface area contributed by atoms with Gasteiger partial charge in [0.25, 0.3) is 0 Å². The molecule has 2 fully saturated rings. The third-order valence-electron chi connectivity index (χ3n) is 4.81. The Balaban J connectivity index is 2.05. The molecule has 2 aliphatic rings. The number of hydrogen-bond acceptors (Lipinski definition) is 2. The highest BCUT2D eigenvalue weighted by Crippen LogP contribution is 2.37. The Hall–Kier alpha value is -1.06. The standard InChI is InChI=1S/C16H27NO3/c1-11(2)10-12-6-4-3-5-9-17(12)15(18)13-7-8-14(13)16(19)20/h11-14H,3-10H2,1-2H3,(H,19,20). The van der Waals surface area contributed by atoms with E-state index in [0.717, 1.165) is 32.2 Å². The van der Waals surface area contributed by atoms with Crippen molar-refractivity contribution in [2.75, 3.05) is 6.54 Å². The van der Waals surface area contributed by atoms with Gasteiger partial charge in [0.1, 0.15) is 0 Å². The number of hydrogen-bond donors (Lipinski definition) is 1. The van der Waals surface area contributed by atoms with Gasteiger partial charge in [0.15, 0.2) is 0 Å². The SMILES string of the molecule is CC(C)CC1CCCCCN1C(=O)C1CCC1C(=O)O. The van der Waals surface area contributed by atoms with Crippen LogP contribution in [0.15, 0.2) is 0 Å². The van der Waals surface area contributed by atoms with E-state index in [1.54, 1.807) is 0 Å². The van der Waals surface area contributed by atoms with Crippen LogP contribution in [0, 0.1) is 17.8 Å². The molecule has 0 spiro atoms. The van der Waals surface area contributed by atoms with Crippen molar-refractivity contribution >= 4 is 11.9 Å². The molecule has 0 radical (unpaired) electrons. The summed E-state index contributed by atoms with van der Waals surface area (Å²) in [5, 5.41) is 9.15. The summed E-state index contributed by atoms with van der Waals surface area (Å²) < 4.78 is 0. The number of carbonyl (C=O) groups is 2. The minimum Gasteiger partial charge on any atom is -0.481 e. The van der Waals surface area contributed by atoms with Crippen molar-refractivity contribution in [2.24, 2.45) is 17.8 Å². The number of amides is 1. The van der Waals surface area contributed by atoms with Gasteiger partial charge in [0, 0.05) is 12.6 Å². The topological polar surface area (TPSA) is 57.6 Å². The molecule has 2 rings (SSSR count). The average Bonchev–Trinajstić information content (AvgIpc) is 2.51. The van der Waals surface area contributed by atoms with Crippen LogP contribution in [0.4, 0.5) is 0 Å². The van der Waals surface area contributed by atoms with Crippen LogP contribution in [0.25, 0.3) is 0 Å². The minimum atomic E-state index is -0.801. The van der Waals surface area contributed by atoms with Gasteiger partial charge in [-0.2, -0.15) is 0 Å². The van der Waals surface area contributed by atoms with Crippen LogP contribution in [0.5, 0.6) is 0 Å². The van der Waals surface area contributed by atoms with Gasteiger partial charge in [-0.15, -0.1) is 0 Å². The first-order chi connectivity index (χ1) is 9.50. The Morgan fingerprint density at radius 2 is 1.80 bits per heavy atom. The molecule has 4 heteroatoms. The first kappa shape index (κ1) is 15.3. The van der Waals surface area contributed by atoms with Gasteiger partial charge in [-0.25, -0.2) is 0 Å². The van der Waals surface area contributed by atoms with Crippen LogP contribution in [0.1, 0.15) is 58.8 Å². The summed E-state index contributed by atoms with van der Waals surface area (Å²) in [6, 6.07) is 0.319. The summed E-state index contributed by atoms with van der Waals surface area (Å²) in [5.41, 5.74) is 0. The third-order valence-corrected chi connectivity index (χ3v) is 4.81. The lowest BCUT2D eigenvalue weighted by molar-refractivity contribution is -0.157. The Labute approximate surface area is 121 Å². The summed E-state index contributed by atoms with van der Waals surface area (Å²) in [6.07, 6.45) is 6.96. The maximum Gasteiger partial charge on any atom is 0.307 e. The molecule has 1 saturated carbocycles. The second-order valence-electron chi connectivity index (χ2n) is 6.79. The Kier molecular flexibility index (Phi) is 5.06. The quantitative estimate of drug-likeness (QED) is 0.862. The van der Waals surface area contributed by atoms with Gasteiger partial charge >= 0.3 is 5.97 Å². The molecule has 1 aliphatic carbocycles. The molecule has 4 nitrogen and oxygen atoms in total. The van der Waals surface area contributed by atoms with Crippen molar-refractivity contribution in [2.45, 2.75) is 64.8 Å². The lowest BCUT2D eigenvalue weighted by Gasteiger charge is -2.39. The molecule has 0 aromatic carbocycles. The summed E-state index contributed by atoms with van der Waals surface area (Å²) >= 11 is 0. The number of aliphatic carboxylic acids is 1. The first-order valence-electron chi connectivity index (χ1n) is 8.04. The van der Waals surface area contributed by atoms with Gasteiger partial charge in [-0.05, 0) is 38.0 Å². The molecule has 3 unspecified atom stereocenters. The molecule has 114 valence electrons.